The molecule has 1 N–H and O–H groups in total. The molecule has 0 bridgehead atoms. The highest BCUT2D eigenvalue weighted by Crippen LogP contribution is 2.18. The minimum atomic E-state index is -3.92. The second kappa shape index (κ2) is 5.02. The molecule has 0 atom stereocenters. The first-order chi connectivity index (χ1) is 8.91. The predicted molar refractivity (Wildman–Crippen MR) is 61.4 cm³/mol. The summed E-state index contributed by atoms with van der Waals surface area (Å²) in [6, 6.07) is 2.41. The van der Waals surface area contributed by atoms with Gasteiger partial charge in [0, 0.05) is 7.05 Å². The Morgan fingerprint density at radius 1 is 1.32 bits per heavy atom. The number of nitrogens with one attached hydrogen (secondary N) is 1. The van der Waals surface area contributed by atoms with Gasteiger partial charge >= 0.3 is 0 Å². The fourth-order valence-electron chi connectivity index (χ4n) is 1.42. The van der Waals surface area contributed by atoms with E-state index in [-0.39, 0.29) is 11.4 Å². The molecule has 1 aromatic heterocycles. The maximum absolute atomic E-state index is 13.1. The third-order valence-corrected chi connectivity index (χ3v) is 4.24. The molecule has 102 valence electrons. The van der Waals surface area contributed by atoms with Crippen molar-refractivity contribution in [1.82, 2.24) is 19.5 Å². The van der Waals surface area contributed by atoms with E-state index >= 15 is 0 Å². The summed E-state index contributed by atoms with van der Waals surface area (Å²) in [5.41, 5.74) is 0. The number of aromatic amines is 1. The van der Waals surface area contributed by atoms with Crippen LogP contribution >= 0.6 is 0 Å². The Bertz CT molecular complexity index is 673. The predicted octanol–water partition coefficient (Wildman–Crippen LogP) is 0.904. The fourth-order valence-corrected chi connectivity index (χ4v) is 2.56. The Hall–Kier alpha value is -1.87. The van der Waals surface area contributed by atoms with E-state index in [1.165, 1.54) is 13.4 Å². The average molecular weight is 288 g/mol. The number of sulfonamides is 1. The molecule has 6 nitrogen and oxygen atoms in total. The molecule has 0 aliphatic heterocycles. The van der Waals surface area contributed by atoms with Gasteiger partial charge in [-0.15, -0.1) is 0 Å². The van der Waals surface area contributed by atoms with Crippen molar-refractivity contribution in [2.45, 2.75) is 11.4 Å². The van der Waals surface area contributed by atoms with Gasteiger partial charge in [-0.05, 0) is 18.2 Å². The molecule has 0 saturated carbocycles. The van der Waals surface area contributed by atoms with Gasteiger partial charge in [0.05, 0.1) is 11.4 Å². The van der Waals surface area contributed by atoms with Gasteiger partial charge in [0.25, 0.3) is 0 Å². The molecule has 1 heterocycles. The van der Waals surface area contributed by atoms with Crippen molar-refractivity contribution >= 4 is 10.0 Å². The molecule has 0 amide bonds. The highest BCUT2D eigenvalue weighted by atomic mass is 32.2. The minimum Gasteiger partial charge on any atom is -0.262 e. The number of rotatable bonds is 4. The normalized spacial score (nSPS) is 12.0. The van der Waals surface area contributed by atoms with E-state index in [0.29, 0.717) is 11.9 Å². The molecule has 0 spiro atoms. The number of halogens is 2. The van der Waals surface area contributed by atoms with E-state index < -0.39 is 21.7 Å². The summed E-state index contributed by atoms with van der Waals surface area (Å²) in [6.45, 7) is -0.0542. The number of benzene rings is 1. The molecule has 0 saturated heterocycles. The number of hydrogen-bond donors (Lipinski definition) is 1. The van der Waals surface area contributed by atoms with Crippen LogP contribution in [0.1, 0.15) is 5.82 Å². The summed E-state index contributed by atoms with van der Waals surface area (Å²) in [6.07, 6.45) is 1.24. The van der Waals surface area contributed by atoms with E-state index in [1.54, 1.807) is 0 Å². The smallest absolute Gasteiger partial charge is 0.243 e. The van der Waals surface area contributed by atoms with E-state index in [1.807, 2.05) is 0 Å². The maximum Gasteiger partial charge on any atom is 0.243 e. The van der Waals surface area contributed by atoms with Gasteiger partial charge in [0.1, 0.15) is 12.2 Å². The van der Waals surface area contributed by atoms with Crippen LogP contribution in [-0.2, 0) is 16.6 Å². The molecule has 0 radical (unpaired) electrons. The van der Waals surface area contributed by atoms with E-state index in [9.17, 15) is 17.2 Å². The van der Waals surface area contributed by atoms with Gasteiger partial charge in [0.15, 0.2) is 11.6 Å². The summed E-state index contributed by atoms with van der Waals surface area (Å²) < 4.78 is 51.0. The monoisotopic (exact) mass is 288 g/mol. The summed E-state index contributed by atoms with van der Waals surface area (Å²) in [5, 5.41) is 6.10. The molecule has 9 heteroatoms. The third kappa shape index (κ3) is 2.76. The van der Waals surface area contributed by atoms with Gasteiger partial charge < -0.3 is 0 Å². The van der Waals surface area contributed by atoms with Gasteiger partial charge in [-0.1, -0.05) is 0 Å². The van der Waals surface area contributed by atoms with Crippen LogP contribution < -0.4 is 0 Å². The Kier molecular flexibility index (Phi) is 3.58. The highest BCUT2D eigenvalue weighted by Gasteiger charge is 2.23. The largest absolute Gasteiger partial charge is 0.262 e. The Balaban J connectivity index is 2.28. The molecular formula is C10H10F2N4O2S. The van der Waals surface area contributed by atoms with E-state index in [4.69, 9.17) is 0 Å². The summed E-state index contributed by atoms with van der Waals surface area (Å²) >= 11 is 0. The highest BCUT2D eigenvalue weighted by molar-refractivity contribution is 7.89. The maximum atomic E-state index is 13.1. The first kappa shape index (κ1) is 13.6. The van der Waals surface area contributed by atoms with Crippen LogP contribution in [0.2, 0.25) is 0 Å². The van der Waals surface area contributed by atoms with Crippen molar-refractivity contribution in [1.29, 1.82) is 0 Å². The Labute approximate surface area is 108 Å². The lowest BCUT2D eigenvalue weighted by Crippen LogP contribution is -2.27. The van der Waals surface area contributed by atoms with Gasteiger partial charge in [-0.2, -0.15) is 9.40 Å². The summed E-state index contributed by atoms with van der Waals surface area (Å²) in [7, 11) is -2.61. The summed E-state index contributed by atoms with van der Waals surface area (Å²) in [5.74, 6) is -1.97. The quantitative estimate of drug-likeness (QED) is 0.906. The van der Waals surface area contributed by atoms with Crippen LogP contribution in [0.4, 0.5) is 8.78 Å². The van der Waals surface area contributed by atoms with Gasteiger partial charge in [-0.25, -0.2) is 22.2 Å². The van der Waals surface area contributed by atoms with Crippen LogP contribution in [-0.4, -0.2) is 35.0 Å². The number of nitrogens with zero attached hydrogens (tertiary/aromatic N) is 3. The second-order valence-corrected chi connectivity index (χ2v) is 5.81. The zero-order valence-corrected chi connectivity index (χ0v) is 10.7. The number of aromatic nitrogens is 3. The lowest BCUT2D eigenvalue weighted by atomic mass is 10.3. The summed E-state index contributed by atoms with van der Waals surface area (Å²) in [4.78, 5) is 3.46. The Morgan fingerprint density at radius 2 is 2.05 bits per heavy atom. The zero-order chi connectivity index (χ0) is 14.0. The van der Waals surface area contributed by atoms with Crippen molar-refractivity contribution in [3.05, 3.63) is 42.0 Å². The molecule has 0 unspecified atom stereocenters. The van der Waals surface area contributed by atoms with E-state index in [2.05, 4.69) is 15.2 Å². The van der Waals surface area contributed by atoms with Crippen molar-refractivity contribution < 1.29 is 17.2 Å². The molecule has 2 aromatic rings. The van der Waals surface area contributed by atoms with E-state index in [0.717, 1.165) is 16.4 Å². The molecule has 0 aliphatic rings. The molecule has 1 aromatic carbocycles. The average Bonchev–Trinajstić information content (AvgIpc) is 2.85. The lowest BCUT2D eigenvalue weighted by molar-refractivity contribution is 0.455. The Morgan fingerprint density at radius 3 is 2.63 bits per heavy atom. The number of H-pyrrole nitrogens is 1. The van der Waals surface area contributed by atoms with Crippen molar-refractivity contribution in [2.75, 3.05) is 7.05 Å². The van der Waals surface area contributed by atoms with Crippen molar-refractivity contribution in [3.63, 3.8) is 0 Å². The molecule has 19 heavy (non-hydrogen) atoms. The van der Waals surface area contributed by atoms with Gasteiger partial charge in [-0.3, -0.25) is 5.10 Å². The first-order valence-corrected chi connectivity index (χ1v) is 6.61. The first-order valence-electron chi connectivity index (χ1n) is 5.17. The lowest BCUT2D eigenvalue weighted by Gasteiger charge is -2.15. The fraction of sp³-hybridized carbons (Fsp3) is 0.200. The minimum absolute atomic E-state index is 0.0542. The van der Waals surface area contributed by atoms with Crippen LogP contribution in [0.3, 0.4) is 0 Å². The van der Waals surface area contributed by atoms with Crippen LogP contribution in [0, 0.1) is 11.6 Å². The molecular weight excluding hydrogens is 278 g/mol. The van der Waals surface area contributed by atoms with Crippen LogP contribution in [0.15, 0.2) is 29.4 Å². The standard InChI is InChI=1S/C10H10F2N4O2S/c1-16(5-10-13-6-14-15-10)19(17,18)7-2-3-8(11)9(12)4-7/h2-4,6H,5H2,1H3,(H,13,14,15). The second-order valence-electron chi connectivity index (χ2n) is 3.77. The molecule has 0 aliphatic carbocycles. The van der Waals surface area contributed by atoms with Crippen molar-refractivity contribution in [3.8, 4) is 0 Å². The van der Waals surface area contributed by atoms with Crippen molar-refractivity contribution in [2.24, 2.45) is 0 Å². The third-order valence-electron chi connectivity index (χ3n) is 2.44. The zero-order valence-electron chi connectivity index (χ0n) is 9.84. The van der Waals surface area contributed by atoms with Crippen LogP contribution in [0.5, 0.6) is 0 Å². The molecule has 2 rings (SSSR count). The SMILES string of the molecule is CN(Cc1ncn[nH]1)S(=O)(=O)c1ccc(F)c(F)c1. The van der Waals surface area contributed by atoms with Crippen LogP contribution in [0.25, 0.3) is 0 Å². The topological polar surface area (TPSA) is 79.0 Å². The van der Waals surface area contributed by atoms with Gasteiger partial charge in [0.2, 0.25) is 10.0 Å². The molecule has 0 fully saturated rings. The number of hydrogen-bond acceptors (Lipinski definition) is 4.